The predicted octanol–water partition coefficient (Wildman–Crippen LogP) is 1.02. The molecule has 388 valence electrons. The largest absolute Gasteiger partial charge is 0.481 e. The second-order valence-corrected chi connectivity index (χ2v) is 17.5. The van der Waals surface area contributed by atoms with Crippen LogP contribution >= 0.6 is 12.6 Å². The van der Waals surface area contributed by atoms with E-state index in [2.05, 4.69) is 23.3 Å². The number of thiol groups is 1. The number of nitrogens with two attached hydrogens (primary N) is 3. The number of hydrogen-bond acceptors (Lipinski definition) is 15. The zero-order valence-corrected chi connectivity index (χ0v) is 41.5. The van der Waals surface area contributed by atoms with Gasteiger partial charge in [0.15, 0.2) is 17.3 Å². The van der Waals surface area contributed by atoms with Gasteiger partial charge in [-0.3, -0.25) is 38.4 Å². The standard InChI is InChI=1S/C49H70N10O11S/c1-35(60)40(33-71)54-43(61)28-55(21-7-4-18-50)45(63)29-56(22-8-5-19-51)46(64)30-57(23-9-6-20-52)47(65)32-59(27-36-15-16-41-42(25-36)70-34-69-41)48(66)31-58(24-17-49(67)68)44(62)26-53-39-14-10-12-37-11-2-3-13-38(37)39/h2-3,10-16,25,40,53,71H,4-9,17-24,26-34,50-52H2,1H3,(H,54,61)(H,67,68). The first kappa shape index (κ1) is 57.1. The molecular weight excluding hydrogens is 937 g/mol. The van der Waals surface area contributed by atoms with Crippen LogP contribution in [0.3, 0.4) is 0 Å². The van der Waals surface area contributed by atoms with E-state index >= 15 is 0 Å². The molecule has 0 radical (unpaired) electrons. The first-order valence-corrected chi connectivity index (χ1v) is 24.5. The topological polar surface area (TPSA) is 294 Å². The molecule has 0 aromatic heterocycles. The molecule has 0 aliphatic carbocycles. The number of nitrogens with zero attached hydrogens (tertiary/aromatic N) is 5. The quantitative estimate of drug-likeness (QED) is 0.0331. The zero-order chi connectivity index (χ0) is 51.7. The Morgan fingerprint density at radius 1 is 0.634 bits per heavy atom. The van der Waals surface area contributed by atoms with E-state index in [-0.39, 0.29) is 64.1 Å². The number of anilines is 1. The zero-order valence-electron chi connectivity index (χ0n) is 40.6. The van der Waals surface area contributed by atoms with Crippen molar-refractivity contribution >= 4 is 76.3 Å². The maximum Gasteiger partial charge on any atom is 0.305 e. The van der Waals surface area contributed by atoms with Gasteiger partial charge in [-0.05, 0) is 94.2 Å². The average Bonchev–Trinajstić information content (AvgIpc) is 3.83. The number of rotatable bonds is 33. The molecule has 0 saturated carbocycles. The minimum Gasteiger partial charge on any atom is -0.481 e. The number of carboxylic acids is 1. The molecule has 21 nitrogen and oxygen atoms in total. The number of benzene rings is 3. The number of aliphatic carboxylic acids is 1. The van der Waals surface area contributed by atoms with E-state index in [1.807, 2.05) is 36.4 Å². The van der Waals surface area contributed by atoms with E-state index in [1.165, 1.54) is 26.5 Å². The molecule has 0 fully saturated rings. The van der Waals surface area contributed by atoms with Crippen molar-refractivity contribution in [1.29, 1.82) is 0 Å². The number of carbonyl (C=O) groups is 8. The van der Waals surface area contributed by atoms with Crippen molar-refractivity contribution in [2.24, 2.45) is 17.2 Å². The average molecular weight is 1010 g/mol. The van der Waals surface area contributed by atoms with Crippen LogP contribution in [0.4, 0.5) is 5.69 Å². The van der Waals surface area contributed by atoms with Crippen molar-refractivity contribution in [3.63, 3.8) is 0 Å². The highest BCUT2D eigenvalue weighted by molar-refractivity contribution is 7.80. The van der Waals surface area contributed by atoms with Gasteiger partial charge in [-0.2, -0.15) is 12.6 Å². The van der Waals surface area contributed by atoms with E-state index in [9.17, 15) is 43.5 Å². The summed E-state index contributed by atoms with van der Waals surface area (Å²) in [6, 6.07) is 17.3. The lowest BCUT2D eigenvalue weighted by Crippen LogP contribution is -2.52. The van der Waals surface area contributed by atoms with Gasteiger partial charge in [-0.25, -0.2) is 0 Å². The molecule has 1 aliphatic rings. The number of Topliss-reactive ketones (excluding diaryl/α,β-unsaturated/α-hetero) is 1. The second-order valence-electron chi connectivity index (χ2n) is 17.1. The van der Waals surface area contributed by atoms with Crippen molar-refractivity contribution in [3.8, 4) is 11.5 Å². The Morgan fingerprint density at radius 3 is 1.72 bits per heavy atom. The highest BCUT2D eigenvalue weighted by Crippen LogP contribution is 2.33. The van der Waals surface area contributed by atoms with E-state index < -0.39 is 80.1 Å². The fourth-order valence-electron chi connectivity index (χ4n) is 7.64. The van der Waals surface area contributed by atoms with Crippen LogP contribution in [0, 0.1) is 0 Å². The summed E-state index contributed by atoms with van der Waals surface area (Å²) in [6.45, 7) is -0.534. The van der Waals surface area contributed by atoms with Crippen LogP contribution in [0.15, 0.2) is 60.7 Å². The Hall–Kier alpha value is -6.49. The molecule has 3 aromatic carbocycles. The summed E-state index contributed by atoms with van der Waals surface area (Å²) in [7, 11) is 0. The summed E-state index contributed by atoms with van der Waals surface area (Å²) in [4.78, 5) is 114. The first-order chi connectivity index (χ1) is 34.2. The molecule has 1 aliphatic heterocycles. The fourth-order valence-corrected chi connectivity index (χ4v) is 7.98. The molecule has 71 heavy (non-hydrogen) atoms. The third-order valence-corrected chi connectivity index (χ3v) is 12.0. The SMILES string of the molecule is CC(=O)C(CS)NC(=O)CN(CCCCN)C(=O)CN(CCCCN)C(=O)CN(CCCCN)C(=O)CN(Cc1ccc2c(c1)OCO2)C(=O)CN(CCC(=O)O)C(=O)CNc1cccc2ccccc12. The molecule has 1 unspecified atom stereocenters. The lowest BCUT2D eigenvalue weighted by molar-refractivity contribution is -0.148. The van der Waals surface area contributed by atoms with Crippen LogP contribution in [0.2, 0.25) is 0 Å². The van der Waals surface area contributed by atoms with Gasteiger partial charge in [0, 0.05) is 49.6 Å². The maximum absolute atomic E-state index is 14.5. The van der Waals surface area contributed by atoms with Crippen LogP contribution in [0.1, 0.15) is 57.4 Å². The molecule has 6 amide bonds. The fraction of sp³-hybridized carbons (Fsp3) is 0.510. The van der Waals surface area contributed by atoms with Crippen molar-refractivity contribution in [3.05, 3.63) is 66.2 Å². The molecule has 0 bridgehead atoms. The number of nitrogens with one attached hydrogen (secondary N) is 2. The van der Waals surface area contributed by atoms with Crippen LogP contribution < -0.4 is 37.3 Å². The predicted molar refractivity (Wildman–Crippen MR) is 270 cm³/mol. The number of carbonyl (C=O) groups excluding carboxylic acids is 7. The van der Waals surface area contributed by atoms with E-state index in [0.717, 1.165) is 15.7 Å². The third kappa shape index (κ3) is 19.0. The second kappa shape index (κ2) is 30.3. The Morgan fingerprint density at radius 2 is 1.15 bits per heavy atom. The molecule has 3 aromatic rings. The van der Waals surface area contributed by atoms with Crippen LogP contribution in [0.5, 0.6) is 11.5 Å². The molecule has 4 rings (SSSR count). The Bertz CT molecular complexity index is 2280. The molecular formula is C49H70N10O11S. The number of fused-ring (bicyclic) bond motifs is 2. The summed E-state index contributed by atoms with van der Waals surface area (Å²) in [5.41, 5.74) is 18.5. The Balaban J connectivity index is 1.59. The lowest BCUT2D eigenvalue weighted by atomic mass is 10.1. The Kier molecular flexibility index (Phi) is 24.4. The molecule has 22 heteroatoms. The summed E-state index contributed by atoms with van der Waals surface area (Å²) in [5.74, 6) is -4.06. The van der Waals surface area contributed by atoms with E-state index in [1.54, 1.807) is 24.3 Å². The smallest absolute Gasteiger partial charge is 0.305 e. The molecule has 9 N–H and O–H groups in total. The van der Waals surface area contributed by atoms with Gasteiger partial charge in [0.1, 0.15) is 6.54 Å². The molecule has 0 spiro atoms. The summed E-state index contributed by atoms with van der Waals surface area (Å²) in [5, 5.41) is 17.1. The first-order valence-electron chi connectivity index (χ1n) is 23.9. The van der Waals surface area contributed by atoms with Crippen LogP contribution in [0.25, 0.3) is 10.8 Å². The van der Waals surface area contributed by atoms with Crippen molar-refractivity contribution in [2.45, 2.75) is 64.5 Å². The van der Waals surface area contributed by atoms with Gasteiger partial charge in [-0.1, -0.05) is 42.5 Å². The third-order valence-electron chi connectivity index (χ3n) is 11.7. The molecule has 0 saturated heterocycles. The van der Waals surface area contributed by atoms with Gasteiger partial charge in [0.2, 0.25) is 42.2 Å². The van der Waals surface area contributed by atoms with Gasteiger partial charge < -0.3 is 66.9 Å². The highest BCUT2D eigenvalue weighted by Gasteiger charge is 2.30. The number of carboxylic acid groups (broad SMARTS) is 1. The van der Waals surface area contributed by atoms with Crippen molar-refractivity contribution < 1.29 is 52.9 Å². The van der Waals surface area contributed by atoms with Crippen molar-refractivity contribution in [2.75, 3.05) is 103 Å². The van der Waals surface area contributed by atoms with E-state index in [0.29, 0.717) is 80.9 Å². The van der Waals surface area contributed by atoms with Gasteiger partial charge in [0.05, 0.1) is 45.2 Å². The van der Waals surface area contributed by atoms with E-state index in [4.69, 9.17) is 26.7 Å². The van der Waals surface area contributed by atoms with Gasteiger partial charge in [0.25, 0.3) is 0 Å². The maximum atomic E-state index is 14.5. The van der Waals surface area contributed by atoms with Crippen LogP contribution in [-0.4, -0.2) is 180 Å². The van der Waals surface area contributed by atoms with Gasteiger partial charge in [-0.15, -0.1) is 0 Å². The van der Waals surface area contributed by atoms with Gasteiger partial charge >= 0.3 is 5.97 Å². The Labute approximate surface area is 420 Å². The lowest BCUT2D eigenvalue weighted by Gasteiger charge is -2.32. The summed E-state index contributed by atoms with van der Waals surface area (Å²) < 4.78 is 11.0. The monoisotopic (exact) mass is 1010 g/mol. The summed E-state index contributed by atoms with van der Waals surface area (Å²) in [6.07, 6.45) is 2.43. The normalized spacial score (nSPS) is 11.9. The van der Waals surface area contributed by atoms with Crippen LogP contribution in [-0.2, 0) is 44.9 Å². The minimum atomic E-state index is -1.18. The number of unbranched alkanes of at least 4 members (excludes halogenated alkanes) is 3. The summed E-state index contributed by atoms with van der Waals surface area (Å²) >= 11 is 4.15. The molecule has 1 heterocycles. The number of ether oxygens (including phenoxy) is 2. The molecule has 1 atom stereocenters. The number of ketones is 1. The number of hydrogen-bond donors (Lipinski definition) is 7. The highest BCUT2D eigenvalue weighted by atomic mass is 32.1. The minimum absolute atomic E-state index is 0.00634. The van der Waals surface area contributed by atoms with Crippen molar-refractivity contribution in [1.82, 2.24) is 29.8 Å². The number of amides is 6.